The Hall–Kier alpha value is -2.18. The minimum absolute atomic E-state index is 0.0377. The molecule has 1 aromatic carbocycles. The summed E-state index contributed by atoms with van der Waals surface area (Å²) in [7, 11) is 0. The number of hydrogen-bond donors (Lipinski definition) is 2. The molecule has 6 nitrogen and oxygen atoms in total. The average molecular weight is 314 g/mol. The van der Waals surface area contributed by atoms with Crippen LogP contribution in [0.4, 0.5) is 0 Å². The summed E-state index contributed by atoms with van der Waals surface area (Å²) >= 11 is 0. The van der Waals surface area contributed by atoms with Crippen molar-refractivity contribution in [2.75, 3.05) is 26.2 Å². The molecule has 0 spiro atoms. The Kier molecular flexibility index (Phi) is 4.73. The van der Waals surface area contributed by atoms with Gasteiger partial charge >= 0.3 is 0 Å². The molecule has 1 aliphatic rings. The standard InChI is InChI=1S/C17H22N4O2/c1-2-20-10-11-21(12-14(20)16-18-8-9-19-16)17(23)15(22)13-6-4-3-5-7-13/h3-9,14-15,22H,2,10-12H2,1H3,(H,18,19)/t14?,15-/m1/s1. The van der Waals surface area contributed by atoms with Crippen LogP contribution in [-0.4, -0.2) is 57.0 Å². The first-order valence-corrected chi connectivity index (χ1v) is 7.95. The van der Waals surface area contributed by atoms with E-state index in [2.05, 4.69) is 21.8 Å². The van der Waals surface area contributed by atoms with E-state index in [1.807, 2.05) is 18.2 Å². The van der Waals surface area contributed by atoms with E-state index in [0.717, 1.165) is 18.9 Å². The van der Waals surface area contributed by atoms with E-state index in [1.54, 1.807) is 29.4 Å². The van der Waals surface area contributed by atoms with Crippen LogP contribution in [0.5, 0.6) is 0 Å². The Balaban J connectivity index is 1.74. The number of amides is 1. The molecule has 2 N–H and O–H groups in total. The van der Waals surface area contributed by atoms with Gasteiger partial charge in [-0.1, -0.05) is 37.3 Å². The maximum atomic E-state index is 12.6. The van der Waals surface area contributed by atoms with E-state index in [9.17, 15) is 9.90 Å². The highest BCUT2D eigenvalue weighted by atomic mass is 16.3. The number of nitrogens with one attached hydrogen (secondary N) is 1. The smallest absolute Gasteiger partial charge is 0.256 e. The number of rotatable bonds is 4. The molecular weight excluding hydrogens is 292 g/mol. The van der Waals surface area contributed by atoms with Crippen LogP contribution in [0.15, 0.2) is 42.7 Å². The summed E-state index contributed by atoms with van der Waals surface area (Å²) in [5.41, 5.74) is 0.630. The van der Waals surface area contributed by atoms with Gasteiger partial charge in [0.2, 0.25) is 0 Å². The first-order valence-electron chi connectivity index (χ1n) is 7.95. The summed E-state index contributed by atoms with van der Waals surface area (Å²) in [4.78, 5) is 24.1. The molecule has 2 aromatic rings. The molecule has 2 heterocycles. The second kappa shape index (κ2) is 6.93. The highest BCUT2D eigenvalue weighted by Crippen LogP contribution is 2.25. The summed E-state index contributed by atoms with van der Waals surface area (Å²) in [6.07, 6.45) is 2.41. The van der Waals surface area contributed by atoms with Gasteiger partial charge in [-0.3, -0.25) is 9.69 Å². The van der Waals surface area contributed by atoms with Crippen LogP contribution in [-0.2, 0) is 4.79 Å². The summed E-state index contributed by atoms with van der Waals surface area (Å²) in [5.74, 6) is 0.613. The number of H-pyrrole nitrogens is 1. The first kappa shape index (κ1) is 15.7. The van der Waals surface area contributed by atoms with Crippen molar-refractivity contribution in [2.24, 2.45) is 0 Å². The second-order valence-corrected chi connectivity index (χ2v) is 5.72. The van der Waals surface area contributed by atoms with E-state index >= 15 is 0 Å². The molecule has 2 atom stereocenters. The molecule has 0 aliphatic carbocycles. The van der Waals surface area contributed by atoms with Gasteiger partial charge in [-0.2, -0.15) is 0 Å². The number of benzene rings is 1. The molecule has 1 saturated heterocycles. The van der Waals surface area contributed by atoms with Gasteiger partial charge in [0.05, 0.1) is 6.04 Å². The van der Waals surface area contributed by atoms with Crippen molar-refractivity contribution in [2.45, 2.75) is 19.1 Å². The van der Waals surface area contributed by atoms with Gasteiger partial charge in [0.25, 0.3) is 5.91 Å². The number of aliphatic hydroxyl groups excluding tert-OH is 1. The highest BCUT2D eigenvalue weighted by Gasteiger charge is 2.33. The van der Waals surface area contributed by atoms with Crippen LogP contribution in [0, 0.1) is 0 Å². The number of hydrogen-bond acceptors (Lipinski definition) is 4. The van der Waals surface area contributed by atoms with Crippen molar-refractivity contribution in [1.82, 2.24) is 19.8 Å². The van der Waals surface area contributed by atoms with Crippen molar-refractivity contribution in [3.8, 4) is 0 Å². The SMILES string of the molecule is CCN1CCN(C(=O)[C@H](O)c2ccccc2)CC1c1ncc[nH]1. The fourth-order valence-electron chi connectivity index (χ4n) is 3.07. The van der Waals surface area contributed by atoms with Crippen LogP contribution in [0.2, 0.25) is 0 Å². The van der Waals surface area contributed by atoms with Gasteiger partial charge in [-0.25, -0.2) is 4.98 Å². The Morgan fingerprint density at radius 1 is 1.39 bits per heavy atom. The van der Waals surface area contributed by atoms with Crippen LogP contribution in [0.25, 0.3) is 0 Å². The zero-order valence-electron chi connectivity index (χ0n) is 13.2. The number of aromatic nitrogens is 2. The Labute approximate surface area is 135 Å². The zero-order valence-corrected chi connectivity index (χ0v) is 13.2. The normalized spacial score (nSPS) is 20.4. The quantitative estimate of drug-likeness (QED) is 0.893. The molecule has 122 valence electrons. The van der Waals surface area contributed by atoms with Crippen molar-refractivity contribution in [1.29, 1.82) is 0 Å². The summed E-state index contributed by atoms with van der Waals surface area (Å²) in [5, 5.41) is 10.4. The molecule has 0 saturated carbocycles. The maximum Gasteiger partial charge on any atom is 0.256 e. The fraction of sp³-hybridized carbons (Fsp3) is 0.412. The molecule has 1 aliphatic heterocycles. The zero-order chi connectivity index (χ0) is 16.2. The molecule has 0 radical (unpaired) electrons. The van der Waals surface area contributed by atoms with Crippen molar-refractivity contribution < 1.29 is 9.90 Å². The van der Waals surface area contributed by atoms with Gasteiger partial charge in [0.15, 0.2) is 6.10 Å². The molecule has 6 heteroatoms. The lowest BCUT2D eigenvalue weighted by molar-refractivity contribution is -0.143. The second-order valence-electron chi connectivity index (χ2n) is 5.72. The summed E-state index contributed by atoms with van der Waals surface area (Å²) < 4.78 is 0. The number of imidazole rings is 1. The number of nitrogens with zero attached hydrogens (tertiary/aromatic N) is 3. The lowest BCUT2D eigenvalue weighted by Gasteiger charge is -2.40. The number of likely N-dealkylation sites (N-methyl/N-ethyl adjacent to an activating group) is 1. The van der Waals surface area contributed by atoms with E-state index in [4.69, 9.17) is 0 Å². The van der Waals surface area contributed by atoms with Crippen LogP contribution >= 0.6 is 0 Å². The van der Waals surface area contributed by atoms with Crippen molar-refractivity contribution in [3.05, 3.63) is 54.1 Å². The Morgan fingerprint density at radius 3 is 2.83 bits per heavy atom. The molecular formula is C17H22N4O2. The van der Waals surface area contributed by atoms with Gasteiger partial charge in [-0.15, -0.1) is 0 Å². The number of carbonyl (C=O) groups excluding carboxylic acids is 1. The van der Waals surface area contributed by atoms with Crippen LogP contribution < -0.4 is 0 Å². The van der Waals surface area contributed by atoms with E-state index in [0.29, 0.717) is 18.7 Å². The van der Waals surface area contributed by atoms with Crippen LogP contribution in [0.3, 0.4) is 0 Å². The third-order valence-electron chi connectivity index (χ3n) is 4.39. The fourth-order valence-corrected chi connectivity index (χ4v) is 3.07. The number of carbonyl (C=O) groups is 1. The summed E-state index contributed by atoms with van der Waals surface area (Å²) in [6, 6.07) is 9.10. The highest BCUT2D eigenvalue weighted by molar-refractivity contribution is 5.82. The predicted octanol–water partition coefficient (Wildman–Crippen LogP) is 1.35. The first-order chi connectivity index (χ1) is 11.2. The Bertz CT molecular complexity index is 629. The average Bonchev–Trinajstić information content (AvgIpc) is 3.15. The van der Waals surface area contributed by atoms with Gasteiger partial charge in [-0.05, 0) is 12.1 Å². The third kappa shape index (κ3) is 3.28. The largest absolute Gasteiger partial charge is 0.378 e. The lowest BCUT2D eigenvalue weighted by atomic mass is 10.1. The predicted molar refractivity (Wildman–Crippen MR) is 86.6 cm³/mol. The molecule has 1 amide bonds. The van der Waals surface area contributed by atoms with Crippen LogP contribution in [0.1, 0.15) is 30.5 Å². The molecule has 3 rings (SSSR count). The molecule has 1 aromatic heterocycles. The minimum Gasteiger partial charge on any atom is -0.378 e. The number of aromatic amines is 1. The summed E-state index contributed by atoms with van der Waals surface area (Å²) in [6.45, 7) is 4.92. The van der Waals surface area contributed by atoms with Gasteiger partial charge < -0.3 is 15.0 Å². The van der Waals surface area contributed by atoms with Crippen molar-refractivity contribution in [3.63, 3.8) is 0 Å². The maximum absolute atomic E-state index is 12.6. The molecule has 0 bridgehead atoms. The monoisotopic (exact) mass is 314 g/mol. The van der Waals surface area contributed by atoms with Gasteiger partial charge in [0.1, 0.15) is 5.82 Å². The van der Waals surface area contributed by atoms with E-state index in [1.165, 1.54) is 0 Å². The minimum atomic E-state index is -1.11. The van der Waals surface area contributed by atoms with Crippen molar-refractivity contribution >= 4 is 5.91 Å². The number of piperazine rings is 1. The lowest BCUT2D eigenvalue weighted by Crippen LogP contribution is -2.51. The molecule has 1 fully saturated rings. The molecule has 1 unspecified atom stereocenters. The third-order valence-corrected chi connectivity index (χ3v) is 4.39. The van der Waals surface area contributed by atoms with E-state index < -0.39 is 6.10 Å². The Morgan fingerprint density at radius 2 is 2.17 bits per heavy atom. The van der Waals surface area contributed by atoms with Gasteiger partial charge in [0, 0.05) is 32.0 Å². The molecule has 23 heavy (non-hydrogen) atoms. The topological polar surface area (TPSA) is 72.5 Å². The number of aliphatic hydroxyl groups is 1. The van der Waals surface area contributed by atoms with E-state index in [-0.39, 0.29) is 11.9 Å².